The number of rotatable bonds is 5. The average Bonchev–Trinajstić information content (AvgIpc) is 3.09. The summed E-state index contributed by atoms with van der Waals surface area (Å²) in [5.41, 5.74) is -2.02. The molecular formula is C13H14F3NO2S. The number of hydrogen-bond acceptors (Lipinski definition) is 3. The van der Waals surface area contributed by atoms with Crippen LogP contribution in [0, 0.1) is 0 Å². The molecule has 2 rings (SSSR count). The molecule has 1 aliphatic rings. The molecule has 0 aliphatic heterocycles. The summed E-state index contributed by atoms with van der Waals surface area (Å²) in [6.07, 6.45) is -4.43. The summed E-state index contributed by atoms with van der Waals surface area (Å²) < 4.78 is 38.8. The largest absolute Gasteiger partial charge is 0.478 e. The highest BCUT2D eigenvalue weighted by Gasteiger charge is 2.63. The Morgan fingerprint density at radius 3 is 2.55 bits per heavy atom. The van der Waals surface area contributed by atoms with E-state index in [0.29, 0.717) is 10.6 Å². The summed E-state index contributed by atoms with van der Waals surface area (Å²) in [5, 5.41) is 11.7. The fraction of sp³-hybridized carbons (Fsp3) is 0.462. The van der Waals surface area contributed by atoms with Crippen LogP contribution in [0.25, 0.3) is 0 Å². The Kier molecular flexibility index (Phi) is 3.90. The van der Waals surface area contributed by atoms with Crippen LogP contribution in [0.1, 0.15) is 30.1 Å². The zero-order valence-corrected chi connectivity index (χ0v) is 11.6. The van der Waals surface area contributed by atoms with Crippen LogP contribution in [0.5, 0.6) is 0 Å². The van der Waals surface area contributed by atoms with Gasteiger partial charge in [0.2, 0.25) is 0 Å². The van der Waals surface area contributed by atoms with E-state index in [1.54, 1.807) is 12.1 Å². The third-order valence-corrected chi connectivity index (χ3v) is 4.15. The molecule has 1 saturated carbocycles. The smallest absolute Gasteiger partial charge is 0.411 e. The predicted octanol–water partition coefficient (Wildman–Crippen LogP) is 4.00. The lowest BCUT2D eigenvalue weighted by Gasteiger charge is -2.23. The lowest BCUT2D eigenvalue weighted by molar-refractivity contribution is -0.151. The number of halogens is 3. The molecule has 2 N–H and O–H groups in total. The summed E-state index contributed by atoms with van der Waals surface area (Å²) in [6.45, 7) is 1.86. The number of hydrogen-bond donors (Lipinski definition) is 2. The molecule has 0 atom stereocenters. The molecule has 0 saturated heterocycles. The summed E-state index contributed by atoms with van der Waals surface area (Å²) >= 11 is 1.30. The van der Waals surface area contributed by atoms with Gasteiger partial charge in [-0.25, -0.2) is 4.79 Å². The highest BCUT2D eigenvalue weighted by Crippen LogP contribution is 2.51. The van der Waals surface area contributed by atoms with E-state index < -0.39 is 17.7 Å². The number of thioether (sulfide) groups is 1. The maximum Gasteiger partial charge on any atom is 0.411 e. The minimum absolute atomic E-state index is 0.0271. The SMILES string of the molecule is CCSc1cccc(NC2(C(F)(F)F)CC2)c1C(=O)O. The van der Waals surface area contributed by atoms with E-state index in [4.69, 9.17) is 0 Å². The Morgan fingerprint density at radius 1 is 1.45 bits per heavy atom. The van der Waals surface area contributed by atoms with Gasteiger partial charge in [0.1, 0.15) is 5.54 Å². The first-order valence-electron chi connectivity index (χ1n) is 6.15. The van der Waals surface area contributed by atoms with Crippen LogP contribution in [-0.4, -0.2) is 28.5 Å². The summed E-state index contributed by atoms with van der Waals surface area (Å²) in [5.74, 6) is -0.573. The van der Waals surface area contributed by atoms with E-state index in [-0.39, 0.29) is 24.1 Å². The number of carboxylic acid groups (broad SMARTS) is 1. The quantitative estimate of drug-likeness (QED) is 0.807. The average molecular weight is 305 g/mol. The van der Waals surface area contributed by atoms with Crippen molar-refractivity contribution in [1.82, 2.24) is 0 Å². The van der Waals surface area contributed by atoms with Crippen molar-refractivity contribution in [2.45, 2.75) is 36.4 Å². The second-order valence-corrected chi connectivity index (χ2v) is 5.93. The maximum atomic E-state index is 12.9. The maximum absolute atomic E-state index is 12.9. The number of alkyl halides is 3. The standard InChI is InChI=1S/C13H14F3NO2S/c1-2-20-9-5-3-4-8(10(9)11(18)19)17-12(6-7-12)13(14,15)16/h3-5,17H,2,6-7H2,1H3,(H,18,19). The Labute approximate surface area is 118 Å². The zero-order valence-electron chi connectivity index (χ0n) is 10.8. The second-order valence-electron chi connectivity index (χ2n) is 4.62. The molecule has 3 nitrogen and oxygen atoms in total. The molecule has 1 aliphatic carbocycles. The predicted molar refractivity (Wildman–Crippen MR) is 71.4 cm³/mol. The van der Waals surface area contributed by atoms with Crippen LogP contribution in [0.4, 0.5) is 18.9 Å². The van der Waals surface area contributed by atoms with Crippen molar-refractivity contribution in [3.63, 3.8) is 0 Å². The molecule has 0 amide bonds. The third-order valence-electron chi connectivity index (χ3n) is 3.21. The molecule has 1 aromatic rings. The lowest BCUT2D eigenvalue weighted by Crippen LogP contribution is -2.39. The highest BCUT2D eigenvalue weighted by atomic mass is 32.2. The van der Waals surface area contributed by atoms with Crippen molar-refractivity contribution in [3.05, 3.63) is 23.8 Å². The van der Waals surface area contributed by atoms with Gasteiger partial charge in [-0.05, 0) is 30.7 Å². The number of aromatic carboxylic acids is 1. The highest BCUT2D eigenvalue weighted by molar-refractivity contribution is 7.99. The van der Waals surface area contributed by atoms with Crippen molar-refractivity contribution in [2.24, 2.45) is 0 Å². The van der Waals surface area contributed by atoms with Gasteiger partial charge >= 0.3 is 12.1 Å². The van der Waals surface area contributed by atoms with Gasteiger partial charge in [0, 0.05) is 4.90 Å². The minimum Gasteiger partial charge on any atom is -0.478 e. The molecule has 0 spiro atoms. The van der Waals surface area contributed by atoms with Gasteiger partial charge in [-0.3, -0.25) is 0 Å². The molecule has 1 fully saturated rings. The molecule has 0 heterocycles. The Balaban J connectivity index is 2.37. The summed E-state index contributed by atoms with van der Waals surface area (Å²) in [7, 11) is 0. The van der Waals surface area contributed by atoms with Crippen molar-refractivity contribution in [3.8, 4) is 0 Å². The fourth-order valence-corrected chi connectivity index (χ4v) is 2.82. The van der Waals surface area contributed by atoms with E-state index in [2.05, 4.69) is 5.32 Å². The topological polar surface area (TPSA) is 49.3 Å². The van der Waals surface area contributed by atoms with Crippen LogP contribution in [0.2, 0.25) is 0 Å². The van der Waals surface area contributed by atoms with E-state index in [9.17, 15) is 23.1 Å². The van der Waals surface area contributed by atoms with E-state index in [1.807, 2.05) is 6.92 Å². The lowest BCUT2D eigenvalue weighted by atomic mass is 10.1. The fourth-order valence-electron chi connectivity index (χ4n) is 1.99. The van der Waals surface area contributed by atoms with Crippen molar-refractivity contribution >= 4 is 23.4 Å². The van der Waals surface area contributed by atoms with Crippen LogP contribution < -0.4 is 5.32 Å². The number of anilines is 1. The zero-order chi connectivity index (χ0) is 15.0. The monoisotopic (exact) mass is 305 g/mol. The van der Waals surface area contributed by atoms with E-state index in [1.165, 1.54) is 17.8 Å². The molecule has 0 radical (unpaired) electrons. The molecule has 1 aromatic carbocycles. The molecule has 0 aromatic heterocycles. The van der Waals surface area contributed by atoms with Crippen molar-refractivity contribution in [2.75, 3.05) is 11.1 Å². The first kappa shape index (κ1) is 15.0. The number of nitrogens with one attached hydrogen (secondary N) is 1. The minimum atomic E-state index is -4.38. The molecular weight excluding hydrogens is 291 g/mol. The van der Waals surface area contributed by atoms with Crippen molar-refractivity contribution < 1.29 is 23.1 Å². The van der Waals surface area contributed by atoms with Crippen LogP contribution in [0.15, 0.2) is 23.1 Å². The second kappa shape index (κ2) is 5.20. The van der Waals surface area contributed by atoms with Gasteiger partial charge in [-0.1, -0.05) is 13.0 Å². The molecule has 0 unspecified atom stereocenters. The number of carboxylic acids is 1. The summed E-state index contributed by atoms with van der Waals surface area (Å²) in [4.78, 5) is 11.8. The Bertz CT molecular complexity index is 527. The first-order chi connectivity index (χ1) is 9.31. The van der Waals surface area contributed by atoms with Crippen LogP contribution >= 0.6 is 11.8 Å². The normalized spacial score (nSPS) is 16.8. The van der Waals surface area contributed by atoms with Crippen LogP contribution in [-0.2, 0) is 0 Å². The first-order valence-corrected chi connectivity index (χ1v) is 7.13. The van der Waals surface area contributed by atoms with Gasteiger partial charge in [0.25, 0.3) is 0 Å². The van der Waals surface area contributed by atoms with Gasteiger partial charge in [-0.15, -0.1) is 11.8 Å². The number of benzene rings is 1. The van der Waals surface area contributed by atoms with Gasteiger partial charge in [0.15, 0.2) is 0 Å². The van der Waals surface area contributed by atoms with Gasteiger partial charge in [-0.2, -0.15) is 13.2 Å². The Morgan fingerprint density at radius 2 is 2.10 bits per heavy atom. The number of carbonyl (C=O) groups is 1. The molecule has 110 valence electrons. The van der Waals surface area contributed by atoms with Gasteiger partial charge in [0.05, 0.1) is 11.3 Å². The van der Waals surface area contributed by atoms with E-state index >= 15 is 0 Å². The third kappa shape index (κ3) is 2.72. The van der Waals surface area contributed by atoms with Gasteiger partial charge < -0.3 is 10.4 Å². The Hall–Kier alpha value is -1.37. The summed E-state index contributed by atoms with van der Waals surface area (Å²) in [6, 6.07) is 4.56. The molecule has 0 bridgehead atoms. The molecule has 7 heteroatoms. The molecule has 20 heavy (non-hydrogen) atoms. The van der Waals surface area contributed by atoms with E-state index in [0.717, 1.165) is 0 Å². The van der Waals surface area contributed by atoms with Crippen molar-refractivity contribution in [1.29, 1.82) is 0 Å². The van der Waals surface area contributed by atoms with Crippen LogP contribution in [0.3, 0.4) is 0 Å².